The molecule has 2 aromatic carbocycles. The average molecular weight is 303 g/mol. The molecule has 2 N–H and O–H groups in total. The Hall–Kier alpha value is -1.65. The first-order valence-corrected chi connectivity index (χ1v) is 8.08. The highest BCUT2D eigenvalue weighted by molar-refractivity contribution is 7.98. The van der Waals surface area contributed by atoms with Crippen molar-refractivity contribution < 1.29 is 9.47 Å². The summed E-state index contributed by atoms with van der Waals surface area (Å²) in [6.07, 6.45) is 1.78. The molecule has 0 aliphatic rings. The van der Waals surface area contributed by atoms with Crippen LogP contribution in [0.4, 0.5) is 0 Å². The summed E-state index contributed by atoms with van der Waals surface area (Å²) in [5, 5.41) is 0. The Morgan fingerprint density at radius 1 is 1.00 bits per heavy atom. The lowest BCUT2D eigenvalue weighted by atomic mass is 10.0. The lowest BCUT2D eigenvalue weighted by Gasteiger charge is -2.25. The molecule has 0 bridgehead atoms. The topological polar surface area (TPSA) is 44.5 Å². The minimum atomic E-state index is -0.255. The van der Waals surface area contributed by atoms with Gasteiger partial charge in [0.15, 0.2) is 0 Å². The van der Waals surface area contributed by atoms with Crippen molar-refractivity contribution in [1.82, 2.24) is 0 Å². The van der Waals surface area contributed by atoms with Gasteiger partial charge in [0.05, 0.1) is 7.11 Å². The van der Waals surface area contributed by atoms with Crippen LogP contribution in [-0.2, 0) is 0 Å². The number of hydrogen-bond donors (Lipinski definition) is 1. The maximum atomic E-state index is 6.20. The molecule has 2 unspecified atom stereocenters. The van der Waals surface area contributed by atoms with Crippen LogP contribution in [0, 0.1) is 0 Å². The molecule has 2 aromatic rings. The van der Waals surface area contributed by atoms with Crippen LogP contribution in [0.1, 0.15) is 18.6 Å². The number of thioether (sulfide) groups is 1. The Balaban J connectivity index is 2.36. The molecule has 0 radical (unpaired) electrons. The molecule has 0 fully saturated rings. The van der Waals surface area contributed by atoms with Crippen LogP contribution in [-0.4, -0.2) is 19.4 Å². The maximum Gasteiger partial charge on any atom is 0.142 e. The number of rotatable bonds is 6. The SMILES string of the molecule is COc1ccccc1C(Oc1ccccc1SC)C(C)N. The third kappa shape index (κ3) is 3.71. The van der Waals surface area contributed by atoms with E-state index in [2.05, 4.69) is 0 Å². The fraction of sp³-hybridized carbons (Fsp3) is 0.294. The first-order valence-electron chi connectivity index (χ1n) is 6.85. The van der Waals surface area contributed by atoms with Crippen molar-refractivity contribution in [3.63, 3.8) is 0 Å². The maximum absolute atomic E-state index is 6.20. The second-order valence-electron chi connectivity index (χ2n) is 4.79. The molecular formula is C17H21NO2S. The van der Waals surface area contributed by atoms with E-state index in [0.717, 1.165) is 22.0 Å². The number of methoxy groups -OCH3 is 1. The highest BCUT2D eigenvalue weighted by Gasteiger charge is 2.22. The van der Waals surface area contributed by atoms with Crippen LogP contribution in [0.5, 0.6) is 11.5 Å². The van der Waals surface area contributed by atoms with Crippen molar-refractivity contribution in [2.45, 2.75) is 24.0 Å². The molecule has 0 aromatic heterocycles. The van der Waals surface area contributed by atoms with E-state index >= 15 is 0 Å². The monoisotopic (exact) mass is 303 g/mol. The first kappa shape index (κ1) is 15.7. The van der Waals surface area contributed by atoms with Gasteiger partial charge in [-0.1, -0.05) is 30.3 Å². The predicted molar refractivity (Wildman–Crippen MR) is 88.2 cm³/mol. The molecule has 0 aliphatic carbocycles. The van der Waals surface area contributed by atoms with Crippen molar-refractivity contribution in [1.29, 1.82) is 0 Å². The van der Waals surface area contributed by atoms with Gasteiger partial charge < -0.3 is 15.2 Å². The summed E-state index contributed by atoms with van der Waals surface area (Å²) in [6.45, 7) is 1.94. The quantitative estimate of drug-likeness (QED) is 0.822. The van der Waals surface area contributed by atoms with Crippen molar-refractivity contribution in [3.8, 4) is 11.5 Å². The van der Waals surface area contributed by atoms with Crippen molar-refractivity contribution in [2.24, 2.45) is 5.73 Å². The van der Waals surface area contributed by atoms with Gasteiger partial charge in [0.25, 0.3) is 0 Å². The molecule has 0 saturated heterocycles. The zero-order valence-corrected chi connectivity index (χ0v) is 13.4. The van der Waals surface area contributed by atoms with Crippen LogP contribution in [0.2, 0.25) is 0 Å². The molecule has 0 amide bonds. The van der Waals surface area contributed by atoms with Crippen LogP contribution >= 0.6 is 11.8 Å². The van der Waals surface area contributed by atoms with E-state index in [1.165, 1.54) is 0 Å². The fourth-order valence-electron chi connectivity index (χ4n) is 2.21. The minimum absolute atomic E-state index is 0.156. The van der Waals surface area contributed by atoms with Gasteiger partial charge in [-0.25, -0.2) is 0 Å². The van der Waals surface area contributed by atoms with Crippen molar-refractivity contribution >= 4 is 11.8 Å². The van der Waals surface area contributed by atoms with Gasteiger partial charge in [0, 0.05) is 16.5 Å². The smallest absolute Gasteiger partial charge is 0.142 e. The van der Waals surface area contributed by atoms with Gasteiger partial charge >= 0.3 is 0 Å². The molecule has 0 heterocycles. The summed E-state index contributed by atoms with van der Waals surface area (Å²) in [6, 6.07) is 15.7. The molecule has 2 atom stereocenters. The summed E-state index contributed by atoms with van der Waals surface area (Å²) in [5.41, 5.74) is 7.11. The Morgan fingerprint density at radius 3 is 2.24 bits per heavy atom. The molecule has 0 aliphatic heterocycles. The lowest BCUT2D eigenvalue weighted by molar-refractivity contribution is 0.171. The van der Waals surface area contributed by atoms with Gasteiger partial charge in [0.2, 0.25) is 0 Å². The lowest BCUT2D eigenvalue weighted by Crippen LogP contribution is -2.29. The Labute approximate surface area is 130 Å². The predicted octanol–water partition coefficient (Wildman–Crippen LogP) is 3.88. The summed E-state index contributed by atoms with van der Waals surface area (Å²) < 4.78 is 11.6. The van der Waals surface area contributed by atoms with E-state index in [1.807, 2.05) is 61.7 Å². The normalized spacial score (nSPS) is 13.5. The van der Waals surface area contributed by atoms with Gasteiger partial charge in [-0.2, -0.15) is 0 Å². The van der Waals surface area contributed by atoms with E-state index in [4.69, 9.17) is 15.2 Å². The zero-order valence-electron chi connectivity index (χ0n) is 12.6. The molecule has 4 heteroatoms. The fourth-order valence-corrected chi connectivity index (χ4v) is 2.74. The highest BCUT2D eigenvalue weighted by Crippen LogP contribution is 2.34. The zero-order chi connectivity index (χ0) is 15.2. The number of ether oxygens (including phenoxy) is 2. The van der Waals surface area contributed by atoms with Gasteiger partial charge in [0.1, 0.15) is 17.6 Å². The standard InChI is InChI=1S/C17H21NO2S/c1-12(18)17(13-8-4-5-9-14(13)19-2)20-15-10-6-7-11-16(15)21-3/h4-12,17H,18H2,1-3H3. The van der Waals surface area contributed by atoms with Crippen LogP contribution in [0.3, 0.4) is 0 Å². The Kier molecular flexibility index (Phi) is 5.53. The second-order valence-corrected chi connectivity index (χ2v) is 5.64. The van der Waals surface area contributed by atoms with E-state index in [9.17, 15) is 0 Å². The second kappa shape index (κ2) is 7.38. The highest BCUT2D eigenvalue weighted by atomic mass is 32.2. The number of nitrogens with two attached hydrogens (primary N) is 1. The van der Waals surface area contributed by atoms with Gasteiger partial charge in [-0.3, -0.25) is 0 Å². The van der Waals surface area contributed by atoms with Crippen molar-refractivity contribution in [2.75, 3.05) is 13.4 Å². The number of hydrogen-bond acceptors (Lipinski definition) is 4. The van der Waals surface area contributed by atoms with E-state index in [0.29, 0.717) is 0 Å². The van der Waals surface area contributed by atoms with E-state index in [1.54, 1.807) is 18.9 Å². The summed E-state index contributed by atoms with van der Waals surface area (Å²) >= 11 is 1.66. The van der Waals surface area contributed by atoms with Gasteiger partial charge in [-0.05, 0) is 31.4 Å². The van der Waals surface area contributed by atoms with E-state index in [-0.39, 0.29) is 12.1 Å². The van der Waals surface area contributed by atoms with Gasteiger partial charge in [-0.15, -0.1) is 11.8 Å². The third-order valence-corrected chi connectivity index (χ3v) is 4.02. The van der Waals surface area contributed by atoms with E-state index < -0.39 is 0 Å². The van der Waals surface area contributed by atoms with Crippen LogP contribution in [0.25, 0.3) is 0 Å². The number of para-hydroxylation sites is 2. The summed E-state index contributed by atoms with van der Waals surface area (Å²) in [7, 11) is 1.66. The summed E-state index contributed by atoms with van der Waals surface area (Å²) in [4.78, 5) is 1.10. The molecule has 21 heavy (non-hydrogen) atoms. The van der Waals surface area contributed by atoms with Crippen LogP contribution < -0.4 is 15.2 Å². The molecule has 0 spiro atoms. The largest absolute Gasteiger partial charge is 0.496 e. The molecule has 3 nitrogen and oxygen atoms in total. The molecule has 0 saturated carbocycles. The Morgan fingerprint density at radius 2 is 1.62 bits per heavy atom. The summed E-state index contributed by atoms with van der Waals surface area (Å²) in [5.74, 6) is 1.64. The molecule has 112 valence electrons. The molecular weight excluding hydrogens is 282 g/mol. The average Bonchev–Trinajstić information content (AvgIpc) is 2.52. The first-order chi connectivity index (χ1) is 10.2. The molecule has 2 rings (SSSR count). The minimum Gasteiger partial charge on any atom is -0.496 e. The number of benzene rings is 2. The van der Waals surface area contributed by atoms with Crippen molar-refractivity contribution in [3.05, 3.63) is 54.1 Å². The third-order valence-electron chi connectivity index (χ3n) is 3.25. The van der Waals surface area contributed by atoms with Crippen LogP contribution in [0.15, 0.2) is 53.4 Å². The Bertz CT molecular complexity index is 587.